The van der Waals surface area contributed by atoms with Crippen molar-refractivity contribution in [2.24, 2.45) is 5.73 Å². The van der Waals surface area contributed by atoms with Crippen molar-refractivity contribution in [3.63, 3.8) is 0 Å². The summed E-state index contributed by atoms with van der Waals surface area (Å²) in [7, 11) is 0. The van der Waals surface area contributed by atoms with Crippen molar-refractivity contribution >= 4 is 11.7 Å². The number of carbonyl (C=O) groups is 2. The lowest BCUT2D eigenvalue weighted by molar-refractivity contribution is -0.116. The molecule has 0 aliphatic rings. The Morgan fingerprint density at radius 1 is 1.50 bits per heavy atom. The van der Waals surface area contributed by atoms with Crippen LogP contribution in [0.2, 0.25) is 0 Å². The van der Waals surface area contributed by atoms with Crippen LogP contribution in [0, 0.1) is 0 Å². The Balaban J connectivity index is 4.16. The third-order valence-electron chi connectivity index (χ3n) is 1.11. The van der Waals surface area contributed by atoms with Gasteiger partial charge < -0.3 is 5.73 Å². The molecule has 0 aliphatic heterocycles. The average Bonchev–Trinajstić information content (AvgIpc) is 1.87. The molecule has 3 nitrogen and oxygen atoms in total. The number of ketones is 1. The molecule has 0 aliphatic carbocycles. The van der Waals surface area contributed by atoms with E-state index in [0.717, 1.165) is 0 Å². The number of amides is 1. The van der Waals surface area contributed by atoms with Gasteiger partial charge in [0.05, 0.1) is 0 Å². The maximum Gasteiger partial charge on any atom is 0.244 e. The first-order chi connectivity index (χ1) is 4.57. The molecule has 0 aromatic rings. The molecule has 0 saturated carbocycles. The molecule has 0 aromatic carbocycles. The second-order valence-electron chi connectivity index (χ2n) is 2.01. The zero-order valence-corrected chi connectivity index (χ0v) is 6.18. The predicted octanol–water partition coefficient (Wildman–Crippen LogP) is 0.397. The lowest BCUT2D eigenvalue weighted by Crippen LogP contribution is -2.12. The van der Waals surface area contributed by atoms with Crippen LogP contribution in [-0.2, 0) is 9.59 Å². The monoisotopic (exact) mass is 141 g/mol. The molecule has 3 heteroatoms. The van der Waals surface area contributed by atoms with Gasteiger partial charge in [0.25, 0.3) is 0 Å². The number of nitrogens with two attached hydrogens (primary N) is 1. The van der Waals surface area contributed by atoms with Gasteiger partial charge in [0.1, 0.15) is 0 Å². The quantitative estimate of drug-likeness (QED) is 0.578. The highest BCUT2D eigenvalue weighted by Gasteiger charge is 1.98. The smallest absolute Gasteiger partial charge is 0.244 e. The fourth-order valence-corrected chi connectivity index (χ4v) is 0.415. The molecule has 2 N–H and O–H groups in total. The largest absolute Gasteiger partial charge is 0.366 e. The molecule has 10 heavy (non-hydrogen) atoms. The van der Waals surface area contributed by atoms with Crippen molar-refractivity contribution in [2.75, 3.05) is 0 Å². The zero-order chi connectivity index (χ0) is 8.15. The number of rotatable bonds is 3. The van der Waals surface area contributed by atoms with Gasteiger partial charge in [0.2, 0.25) is 5.91 Å². The first-order valence-corrected chi connectivity index (χ1v) is 3.08. The van der Waals surface area contributed by atoms with Crippen LogP contribution in [0.25, 0.3) is 0 Å². The molecule has 0 spiro atoms. The molecule has 0 atom stereocenters. The molecule has 0 bridgehead atoms. The van der Waals surface area contributed by atoms with Gasteiger partial charge in [-0.15, -0.1) is 0 Å². The minimum atomic E-state index is -0.540. The second-order valence-corrected chi connectivity index (χ2v) is 2.01. The topological polar surface area (TPSA) is 60.2 Å². The van der Waals surface area contributed by atoms with Crippen LogP contribution in [0.1, 0.15) is 20.3 Å². The molecule has 0 aromatic heterocycles. The molecular weight excluding hydrogens is 130 g/mol. The summed E-state index contributed by atoms with van der Waals surface area (Å²) < 4.78 is 0. The van der Waals surface area contributed by atoms with Crippen molar-refractivity contribution in [1.82, 2.24) is 0 Å². The van der Waals surface area contributed by atoms with Gasteiger partial charge in [0.15, 0.2) is 5.78 Å². The Morgan fingerprint density at radius 3 is 2.30 bits per heavy atom. The van der Waals surface area contributed by atoms with Crippen LogP contribution in [0.4, 0.5) is 0 Å². The minimum Gasteiger partial charge on any atom is -0.366 e. The predicted molar refractivity (Wildman–Crippen MR) is 38.2 cm³/mol. The number of hydrogen-bond donors (Lipinski definition) is 1. The molecule has 0 heterocycles. The summed E-state index contributed by atoms with van der Waals surface area (Å²) in [6.07, 6.45) is 1.67. The van der Waals surface area contributed by atoms with Crippen LogP contribution in [-0.4, -0.2) is 11.7 Å². The molecule has 0 saturated heterocycles. The number of hydrogen-bond acceptors (Lipinski definition) is 2. The van der Waals surface area contributed by atoms with Crippen LogP contribution in [0.15, 0.2) is 11.6 Å². The van der Waals surface area contributed by atoms with Gasteiger partial charge in [-0.25, -0.2) is 0 Å². The van der Waals surface area contributed by atoms with E-state index in [-0.39, 0.29) is 5.78 Å². The number of carbonyl (C=O) groups excluding carboxylic acids is 2. The van der Waals surface area contributed by atoms with Crippen molar-refractivity contribution in [2.45, 2.75) is 20.3 Å². The molecule has 56 valence electrons. The molecule has 0 fully saturated rings. The van der Waals surface area contributed by atoms with E-state index in [1.165, 1.54) is 13.0 Å². The SMILES string of the molecule is CCC(=O)/C=C(\C)C(N)=O. The first-order valence-electron chi connectivity index (χ1n) is 3.08. The van der Waals surface area contributed by atoms with Gasteiger partial charge in [0, 0.05) is 12.0 Å². The summed E-state index contributed by atoms with van der Waals surface area (Å²) in [5, 5.41) is 0. The van der Waals surface area contributed by atoms with E-state index >= 15 is 0 Å². The first kappa shape index (κ1) is 8.88. The lowest BCUT2D eigenvalue weighted by Gasteiger charge is -1.90. The summed E-state index contributed by atoms with van der Waals surface area (Å²) in [5.41, 5.74) is 5.19. The lowest BCUT2D eigenvalue weighted by atomic mass is 10.2. The Kier molecular flexibility index (Phi) is 3.39. The Labute approximate surface area is 59.9 Å². The van der Waals surface area contributed by atoms with Crippen LogP contribution in [0.5, 0.6) is 0 Å². The van der Waals surface area contributed by atoms with E-state index in [1.807, 2.05) is 0 Å². The third kappa shape index (κ3) is 3.02. The fraction of sp³-hybridized carbons (Fsp3) is 0.429. The van der Waals surface area contributed by atoms with Gasteiger partial charge in [-0.05, 0) is 13.0 Å². The number of allylic oxidation sites excluding steroid dienone is 1. The van der Waals surface area contributed by atoms with Crippen molar-refractivity contribution in [3.8, 4) is 0 Å². The van der Waals surface area contributed by atoms with E-state index in [1.54, 1.807) is 6.92 Å². The Bertz CT molecular complexity index is 182. The molecule has 0 rings (SSSR count). The summed E-state index contributed by atoms with van der Waals surface area (Å²) in [4.78, 5) is 21.0. The Hall–Kier alpha value is -1.12. The second kappa shape index (κ2) is 3.82. The summed E-state index contributed by atoms with van der Waals surface area (Å²) in [6.45, 7) is 3.25. The van der Waals surface area contributed by atoms with Crippen molar-refractivity contribution in [1.29, 1.82) is 0 Å². The number of primary amides is 1. The van der Waals surface area contributed by atoms with Crippen LogP contribution >= 0.6 is 0 Å². The van der Waals surface area contributed by atoms with E-state index in [0.29, 0.717) is 12.0 Å². The maximum atomic E-state index is 10.6. The highest BCUT2D eigenvalue weighted by Crippen LogP contribution is 1.92. The van der Waals surface area contributed by atoms with Crippen molar-refractivity contribution in [3.05, 3.63) is 11.6 Å². The summed E-state index contributed by atoms with van der Waals surface area (Å²) >= 11 is 0. The third-order valence-corrected chi connectivity index (χ3v) is 1.11. The molecule has 1 amide bonds. The van der Waals surface area contributed by atoms with Gasteiger partial charge in [-0.1, -0.05) is 6.92 Å². The van der Waals surface area contributed by atoms with Gasteiger partial charge in [-0.2, -0.15) is 0 Å². The average molecular weight is 141 g/mol. The highest BCUT2D eigenvalue weighted by molar-refractivity contribution is 6.00. The minimum absolute atomic E-state index is 0.0729. The van der Waals surface area contributed by atoms with Gasteiger partial charge >= 0.3 is 0 Å². The molecule has 0 radical (unpaired) electrons. The van der Waals surface area contributed by atoms with Crippen LogP contribution in [0.3, 0.4) is 0 Å². The maximum absolute atomic E-state index is 10.6. The van der Waals surface area contributed by atoms with E-state index < -0.39 is 5.91 Å². The summed E-state index contributed by atoms with van der Waals surface area (Å²) in [6, 6.07) is 0. The van der Waals surface area contributed by atoms with Gasteiger partial charge in [-0.3, -0.25) is 9.59 Å². The summed E-state index contributed by atoms with van der Waals surface area (Å²) in [5.74, 6) is -0.613. The van der Waals surface area contributed by atoms with Crippen LogP contribution < -0.4 is 5.73 Å². The van der Waals surface area contributed by atoms with E-state index in [2.05, 4.69) is 0 Å². The molecular formula is C7H11NO2. The highest BCUT2D eigenvalue weighted by atomic mass is 16.1. The van der Waals surface area contributed by atoms with E-state index in [4.69, 9.17) is 5.73 Å². The van der Waals surface area contributed by atoms with Crippen molar-refractivity contribution < 1.29 is 9.59 Å². The standard InChI is InChI=1S/C7H11NO2/c1-3-6(9)4-5(2)7(8)10/h4H,3H2,1-2H3,(H2,8,10)/b5-4+. The molecule has 0 unspecified atom stereocenters. The van der Waals surface area contributed by atoms with E-state index in [9.17, 15) is 9.59 Å². The zero-order valence-electron chi connectivity index (χ0n) is 6.18. The fourth-order valence-electron chi connectivity index (χ4n) is 0.415. The Morgan fingerprint density at radius 2 is 2.00 bits per heavy atom. The normalized spacial score (nSPS) is 11.2.